The SMILES string of the molecule is CCCCNC(=O)C[NH+]1CCN(C(=O)C[NH+](C)Cc2ccc(OC)cc2)CC1. The fourth-order valence-corrected chi connectivity index (χ4v) is 3.47. The summed E-state index contributed by atoms with van der Waals surface area (Å²) in [6.45, 7) is 7.81. The predicted octanol–water partition coefficient (Wildman–Crippen LogP) is -1.65. The predicted molar refractivity (Wildman–Crippen MR) is 109 cm³/mol. The third kappa shape index (κ3) is 7.48. The Kier molecular flexibility index (Phi) is 9.23. The van der Waals surface area contributed by atoms with E-state index >= 15 is 0 Å². The van der Waals surface area contributed by atoms with Crippen LogP contribution in [-0.4, -0.2) is 76.7 Å². The average molecular weight is 393 g/mol. The zero-order valence-electron chi connectivity index (χ0n) is 17.6. The van der Waals surface area contributed by atoms with E-state index in [0.717, 1.165) is 57.9 Å². The number of carbonyl (C=O) groups is 2. The van der Waals surface area contributed by atoms with Gasteiger partial charge in [-0.1, -0.05) is 13.3 Å². The molecule has 28 heavy (non-hydrogen) atoms. The van der Waals surface area contributed by atoms with E-state index in [4.69, 9.17) is 4.74 Å². The number of methoxy groups -OCH3 is 1. The lowest BCUT2D eigenvalue weighted by atomic mass is 10.2. The largest absolute Gasteiger partial charge is 0.497 e. The lowest BCUT2D eigenvalue weighted by Crippen LogP contribution is -3.16. The van der Waals surface area contributed by atoms with Crippen molar-refractivity contribution < 1.29 is 24.1 Å². The number of ether oxygens (including phenoxy) is 1. The average Bonchev–Trinajstić information content (AvgIpc) is 2.69. The zero-order valence-corrected chi connectivity index (χ0v) is 17.6. The number of piperazine rings is 1. The Labute approximate surface area is 168 Å². The van der Waals surface area contributed by atoms with Crippen LogP contribution in [0.5, 0.6) is 5.75 Å². The van der Waals surface area contributed by atoms with E-state index in [1.807, 2.05) is 36.2 Å². The number of unbranched alkanes of at least 4 members (excludes halogenated alkanes) is 1. The number of nitrogens with one attached hydrogen (secondary N) is 3. The van der Waals surface area contributed by atoms with Crippen molar-refractivity contribution in [3.8, 4) is 5.75 Å². The molecule has 156 valence electrons. The number of amides is 2. The molecule has 1 saturated heterocycles. The highest BCUT2D eigenvalue weighted by Crippen LogP contribution is 2.10. The van der Waals surface area contributed by atoms with Gasteiger partial charge >= 0.3 is 0 Å². The quantitative estimate of drug-likeness (QED) is 0.418. The number of hydrogen-bond donors (Lipinski definition) is 3. The van der Waals surface area contributed by atoms with E-state index in [1.165, 1.54) is 15.4 Å². The number of rotatable bonds is 10. The van der Waals surface area contributed by atoms with Crippen molar-refractivity contribution >= 4 is 11.8 Å². The van der Waals surface area contributed by atoms with E-state index in [9.17, 15) is 9.59 Å². The Hall–Kier alpha value is -2.12. The molecule has 1 aromatic rings. The van der Waals surface area contributed by atoms with Gasteiger partial charge in [-0.05, 0) is 30.7 Å². The Morgan fingerprint density at radius 3 is 2.50 bits per heavy atom. The van der Waals surface area contributed by atoms with Crippen molar-refractivity contribution in [3.63, 3.8) is 0 Å². The highest BCUT2D eigenvalue weighted by atomic mass is 16.5. The number of nitrogens with zero attached hydrogens (tertiary/aromatic N) is 1. The molecule has 1 aliphatic rings. The minimum Gasteiger partial charge on any atom is -0.497 e. The first kappa shape index (κ1) is 22.2. The molecule has 1 atom stereocenters. The molecule has 0 radical (unpaired) electrons. The van der Waals surface area contributed by atoms with E-state index in [1.54, 1.807) is 7.11 Å². The van der Waals surface area contributed by atoms with Crippen LogP contribution < -0.4 is 19.9 Å². The van der Waals surface area contributed by atoms with E-state index in [-0.39, 0.29) is 11.8 Å². The topological polar surface area (TPSA) is 67.5 Å². The minimum atomic E-state index is 0.117. The van der Waals surface area contributed by atoms with Crippen molar-refractivity contribution in [3.05, 3.63) is 29.8 Å². The summed E-state index contributed by atoms with van der Waals surface area (Å²) in [6.07, 6.45) is 2.11. The van der Waals surface area contributed by atoms with Gasteiger partial charge < -0.3 is 24.8 Å². The highest BCUT2D eigenvalue weighted by molar-refractivity contribution is 5.77. The van der Waals surface area contributed by atoms with Gasteiger partial charge in [-0.3, -0.25) is 9.59 Å². The molecule has 1 heterocycles. The van der Waals surface area contributed by atoms with Crippen LogP contribution in [0.4, 0.5) is 0 Å². The fourth-order valence-electron chi connectivity index (χ4n) is 3.47. The lowest BCUT2D eigenvalue weighted by molar-refractivity contribution is -0.897. The Morgan fingerprint density at radius 1 is 1.21 bits per heavy atom. The van der Waals surface area contributed by atoms with Crippen LogP contribution in [-0.2, 0) is 16.1 Å². The smallest absolute Gasteiger partial charge is 0.278 e. The van der Waals surface area contributed by atoms with E-state index in [0.29, 0.717) is 13.1 Å². The van der Waals surface area contributed by atoms with E-state index in [2.05, 4.69) is 12.2 Å². The van der Waals surface area contributed by atoms with Crippen LogP contribution in [0.2, 0.25) is 0 Å². The van der Waals surface area contributed by atoms with Crippen molar-refractivity contribution in [1.82, 2.24) is 10.2 Å². The summed E-state index contributed by atoms with van der Waals surface area (Å²) in [7, 11) is 3.70. The second-order valence-corrected chi connectivity index (χ2v) is 7.67. The second-order valence-electron chi connectivity index (χ2n) is 7.67. The molecule has 7 nitrogen and oxygen atoms in total. The van der Waals surface area contributed by atoms with Gasteiger partial charge in [0.1, 0.15) is 12.3 Å². The zero-order chi connectivity index (χ0) is 20.4. The number of likely N-dealkylation sites (N-methyl/N-ethyl adjacent to an activating group) is 1. The van der Waals surface area contributed by atoms with Crippen LogP contribution in [0, 0.1) is 0 Å². The van der Waals surface area contributed by atoms with Gasteiger partial charge in [-0.2, -0.15) is 0 Å². The first-order valence-electron chi connectivity index (χ1n) is 10.3. The molecule has 0 bridgehead atoms. The second kappa shape index (κ2) is 11.7. The maximum atomic E-state index is 12.6. The van der Waals surface area contributed by atoms with E-state index < -0.39 is 0 Å². The number of hydrogen-bond acceptors (Lipinski definition) is 3. The third-order valence-corrected chi connectivity index (χ3v) is 5.20. The normalized spacial score (nSPS) is 15.9. The molecule has 3 N–H and O–H groups in total. The summed E-state index contributed by atoms with van der Waals surface area (Å²) < 4.78 is 5.18. The van der Waals surface area contributed by atoms with Gasteiger partial charge in [0.2, 0.25) is 0 Å². The monoisotopic (exact) mass is 392 g/mol. The fraction of sp³-hybridized carbons (Fsp3) is 0.619. The molecule has 0 aliphatic carbocycles. The summed E-state index contributed by atoms with van der Waals surface area (Å²) in [5.41, 5.74) is 1.19. The number of carbonyl (C=O) groups excluding carboxylic acids is 2. The van der Waals surface area contributed by atoms with Crippen molar-refractivity contribution in [2.24, 2.45) is 0 Å². The molecule has 2 rings (SSSR count). The maximum Gasteiger partial charge on any atom is 0.278 e. The summed E-state index contributed by atoms with van der Waals surface area (Å²) >= 11 is 0. The molecule has 1 aromatic carbocycles. The van der Waals surface area contributed by atoms with Crippen LogP contribution in [0.15, 0.2) is 24.3 Å². The van der Waals surface area contributed by atoms with Gasteiger partial charge in [0, 0.05) is 12.1 Å². The first-order chi connectivity index (χ1) is 13.5. The third-order valence-electron chi connectivity index (χ3n) is 5.20. The molecule has 2 amide bonds. The molecule has 0 aromatic heterocycles. The molecular formula is C21H36N4O3+2. The van der Waals surface area contributed by atoms with Crippen molar-refractivity contribution in [2.75, 3.05) is 60.0 Å². The Balaban J connectivity index is 1.68. The first-order valence-corrected chi connectivity index (χ1v) is 10.3. The molecule has 1 aliphatic heterocycles. The molecule has 1 unspecified atom stereocenters. The van der Waals surface area contributed by atoms with Crippen molar-refractivity contribution in [1.29, 1.82) is 0 Å². The van der Waals surface area contributed by atoms with Gasteiger partial charge in [0.25, 0.3) is 11.8 Å². The van der Waals surface area contributed by atoms with Gasteiger partial charge in [0.15, 0.2) is 13.1 Å². The van der Waals surface area contributed by atoms with Gasteiger partial charge in [-0.25, -0.2) is 0 Å². The number of benzene rings is 1. The Morgan fingerprint density at radius 2 is 1.89 bits per heavy atom. The van der Waals surface area contributed by atoms with Crippen LogP contribution in [0.1, 0.15) is 25.3 Å². The summed E-state index contributed by atoms with van der Waals surface area (Å²) in [5.74, 6) is 1.15. The van der Waals surface area contributed by atoms with Crippen molar-refractivity contribution in [2.45, 2.75) is 26.3 Å². The van der Waals surface area contributed by atoms with Crippen LogP contribution in [0.25, 0.3) is 0 Å². The van der Waals surface area contributed by atoms with Gasteiger partial charge in [0.05, 0.1) is 40.3 Å². The van der Waals surface area contributed by atoms with Crippen LogP contribution in [0.3, 0.4) is 0 Å². The standard InChI is InChI=1S/C21H34N4O3/c1-4-5-10-22-20(26)16-24-11-13-25(14-12-24)21(27)17-23(2)15-18-6-8-19(28-3)9-7-18/h6-9H,4-5,10-17H2,1-3H3,(H,22,26)/p+2. The molecular weight excluding hydrogens is 356 g/mol. The van der Waals surface area contributed by atoms with Gasteiger partial charge in [-0.15, -0.1) is 0 Å². The Bertz CT molecular complexity index is 613. The molecule has 0 saturated carbocycles. The lowest BCUT2D eigenvalue weighted by Gasteiger charge is -2.32. The number of quaternary nitrogens is 2. The molecule has 0 spiro atoms. The summed E-state index contributed by atoms with van der Waals surface area (Å²) in [5, 5.41) is 2.97. The highest BCUT2D eigenvalue weighted by Gasteiger charge is 2.26. The summed E-state index contributed by atoms with van der Waals surface area (Å²) in [6, 6.07) is 7.98. The maximum absolute atomic E-state index is 12.6. The summed E-state index contributed by atoms with van der Waals surface area (Å²) in [4.78, 5) is 28.9. The van der Waals surface area contributed by atoms with Crippen LogP contribution >= 0.6 is 0 Å². The molecule has 7 heteroatoms. The molecule has 1 fully saturated rings. The minimum absolute atomic E-state index is 0.117.